The summed E-state index contributed by atoms with van der Waals surface area (Å²) >= 11 is 0. The van der Waals surface area contributed by atoms with Crippen molar-refractivity contribution in [2.45, 2.75) is 33.7 Å². The Morgan fingerprint density at radius 2 is 1.50 bits per heavy atom. The van der Waals surface area contributed by atoms with E-state index in [1.165, 1.54) is 28.2 Å². The minimum atomic E-state index is 0.00870. The Bertz CT molecular complexity index is 1230. The van der Waals surface area contributed by atoms with Crippen LogP contribution in [-0.2, 0) is 16.1 Å². The maximum Gasteiger partial charge on any atom is 0.238 e. The summed E-state index contributed by atoms with van der Waals surface area (Å²) in [5.41, 5.74) is 3.25. The maximum atomic E-state index is 12.8. The van der Waals surface area contributed by atoms with Crippen LogP contribution in [0.25, 0.3) is 21.8 Å². The van der Waals surface area contributed by atoms with Crippen molar-refractivity contribution in [1.82, 2.24) is 19.3 Å². The number of hydrogen-bond acceptors (Lipinski definition) is 4. The van der Waals surface area contributed by atoms with Crippen LogP contribution in [0.15, 0.2) is 42.5 Å². The average molecular weight is 490 g/mol. The van der Waals surface area contributed by atoms with E-state index in [1.807, 2.05) is 11.0 Å². The lowest BCUT2D eigenvalue weighted by Gasteiger charge is -2.38. The molecule has 5 rings (SSSR count). The number of carbonyl (C=O) groups excluding carboxylic acids is 2. The van der Waals surface area contributed by atoms with Gasteiger partial charge in [-0.3, -0.25) is 19.4 Å². The Kier molecular flexibility index (Phi) is 7.30. The molecule has 0 bridgehead atoms. The van der Waals surface area contributed by atoms with Crippen molar-refractivity contribution < 1.29 is 9.59 Å². The van der Waals surface area contributed by atoms with Crippen LogP contribution in [0.4, 0.5) is 5.69 Å². The Balaban J connectivity index is 1.14. The summed E-state index contributed by atoms with van der Waals surface area (Å²) < 4.78 is 2.31. The number of benzene rings is 2. The van der Waals surface area contributed by atoms with Crippen molar-refractivity contribution in [3.8, 4) is 0 Å². The summed E-state index contributed by atoms with van der Waals surface area (Å²) in [6.45, 7) is 13.4. The van der Waals surface area contributed by atoms with Crippen LogP contribution in [0.2, 0.25) is 0 Å². The molecule has 0 aliphatic carbocycles. The molecule has 2 aliphatic heterocycles. The van der Waals surface area contributed by atoms with Gasteiger partial charge < -0.3 is 14.8 Å². The van der Waals surface area contributed by atoms with Crippen LogP contribution in [0.3, 0.4) is 0 Å². The molecule has 2 aromatic carbocycles. The van der Waals surface area contributed by atoms with Gasteiger partial charge in [0.15, 0.2) is 0 Å². The minimum absolute atomic E-state index is 0.00870. The van der Waals surface area contributed by atoms with E-state index in [-0.39, 0.29) is 11.8 Å². The third kappa shape index (κ3) is 5.27. The number of amides is 2. The monoisotopic (exact) mass is 489 g/mol. The quantitative estimate of drug-likeness (QED) is 0.571. The Morgan fingerprint density at radius 3 is 2.19 bits per heavy atom. The molecule has 7 nitrogen and oxygen atoms in total. The molecule has 2 saturated heterocycles. The first kappa shape index (κ1) is 24.8. The predicted octanol–water partition coefficient (Wildman–Crippen LogP) is 3.88. The van der Waals surface area contributed by atoms with Crippen molar-refractivity contribution in [3.05, 3.63) is 42.5 Å². The van der Waals surface area contributed by atoms with E-state index in [1.54, 1.807) is 0 Å². The molecule has 1 aromatic heterocycles. The number of nitrogens with zero attached hydrogens (tertiary/aromatic N) is 4. The second-order valence-corrected chi connectivity index (χ2v) is 10.8. The normalized spacial score (nSPS) is 21.8. The SMILES string of the molecule is CCn1c2ccccc2c2cc(NC(=O)CN3CCN(CC(=O)N4CC(C)CC(C)C4)CC3)ccc21. The summed E-state index contributed by atoms with van der Waals surface area (Å²) in [6, 6.07) is 14.6. The second-order valence-electron chi connectivity index (χ2n) is 10.8. The van der Waals surface area contributed by atoms with Crippen LogP contribution in [0.5, 0.6) is 0 Å². The molecule has 36 heavy (non-hydrogen) atoms. The van der Waals surface area contributed by atoms with Gasteiger partial charge in [0, 0.05) is 73.3 Å². The molecule has 7 heteroatoms. The van der Waals surface area contributed by atoms with Gasteiger partial charge in [-0.2, -0.15) is 0 Å². The van der Waals surface area contributed by atoms with Gasteiger partial charge in [-0.25, -0.2) is 0 Å². The smallest absolute Gasteiger partial charge is 0.238 e. The number of piperidine rings is 1. The predicted molar refractivity (Wildman–Crippen MR) is 146 cm³/mol. The highest BCUT2D eigenvalue weighted by atomic mass is 16.2. The molecule has 2 fully saturated rings. The third-order valence-electron chi connectivity index (χ3n) is 7.78. The zero-order chi connectivity index (χ0) is 25.2. The van der Waals surface area contributed by atoms with Gasteiger partial charge in [0.05, 0.1) is 13.1 Å². The number of rotatable bonds is 6. The summed E-state index contributed by atoms with van der Waals surface area (Å²) in [6.07, 6.45) is 1.21. The molecule has 2 amide bonds. The fraction of sp³-hybridized carbons (Fsp3) is 0.517. The number of piperazine rings is 1. The highest BCUT2D eigenvalue weighted by Gasteiger charge is 2.27. The Labute approximate surface area is 214 Å². The van der Waals surface area contributed by atoms with E-state index < -0.39 is 0 Å². The van der Waals surface area contributed by atoms with Gasteiger partial charge in [-0.15, -0.1) is 0 Å². The first-order valence-corrected chi connectivity index (χ1v) is 13.4. The largest absolute Gasteiger partial charge is 0.341 e. The van der Waals surface area contributed by atoms with Crippen molar-refractivity contribution in [3.63, 3.8) is 0 Å². The zero-order valence-corrected chi connectivity index (χ0v) is 21.9. The fourth-order valence-electron chi connectivity index (χ4n) is 6.14. The second kappa shape index (κ2) is 10.6. The highest BCUT2D eigenvalue weighted by Crippen LogP contribution is 2.31. The molecule has 3 aromatic rings. The zero-order valence-electron chi connectivity index (χ0n) is 21.9. The molecule has 0 radical (unpaired) electrons. The van der Waals surface area contributed by atoms with Gasteiger partial charge in [0.25, 0.3) is 0 Å². The molecule has 1 N–H and O–H groups in total. The lowest BCUT2D eigenvalue weighted by molar-refractivity contribution is -0.135. The molecule has 0 saturated carbocycles. The van der Waals surface area contributed by atoms with Crippen LogP contribution < -0.4 is 5.32 Å². The number of aryl methyl sites for hydroxylation is 1. The van der Waals surface area contributed by atoms with Crippen LogP contribution in [0.1, 0.15) is 27.2 Å². The number of hydrogen-bond donors (Lipinski definition) is 1. The number of anilines is 1. The number of aromatic nitrogens is 1. The van der Waals surface area contributed by atoms with Crippen molar-refractivity contribution in [2.75, 3.05) is 57.7 Å². The van der Waals surface area contributed by atoms with Crippen LogP contribution >= 0.6 is 0 Å². The Hall–Kier alpha value is -2.90. The van der Waals surface area contributed by atoms with Crippen molar-refractivity contribution >= 4 is 39.3 Å². The summed E-state index contributed by atoms with van der Waals surface area (Å²) in [7, 11) is 0. The third-order valence-corrected chi connectivity index (χ3v) is 7.78. The van der Waals surface area contributed by atoms with Gasteiger partial charge in [-0.05, 0) is 49.4 Å². The molecule has 2 atom stereocenters. The van der Waals surface area contributed by atoms with E-state index in [9.17, 15) is 9.59 Å². The number of fused-ring (bicyclic) bond motifs is 3. The molecule has 2 unspecified atom stereocenters. The first-order chi connectivity index (χ1) is 17.4. The molecule has 0 spiro atoms. The van der Waals surface area contributed by atoms with E-state index in [0.717, 1.165) is 51.5 Å². The molecule has 3 heterocycles. The lowest BCUT2D eigenvalue weighted by Crippen LogP contribution is -2.52. The molecular weight excluding hydrogens is 450 g/mol. The van der Waals surface area contributed by atoms with Crippen LogP contribution in [-0.4, -0.2) is 83.4 Å². The van der Waals surface area contributed by atoms with Crippen molar-refractivity contribution in [1.29, 1.82) is 0 Å². The van der Waals surface area contributed by atoms with Gasteiger partial charge in [0.1, 0.15) is 0 Å². The number of nitrogens with one attached hydrogen (secondary N) is 1. The standard InChI is InChI=1S/C29H39N5O2/c1-4-34-26-8-6-5-7-24(26)25-16-23(9-10-27(25)34)30-28(35)19-31-11-13-32(14-12-31)20-29(36)33-17-21(2)15-22(3)18-33/h5-10,16,21-22H,4,11-15,17-20H2,1-3H3,(H,30,35). The fourth-order valence-corrected chi connectivity index (χ4v) is 6.14. The summed E-state index contributed by atoms with van der Waals surface area (Å²) in [4.78, 5) is 32.1. The number of carbonyl (C=O) groups is 2. The van der Waals surface area contributed by atoms with Gasteiger partial charge >= 0.3 is 0 Å². The topological polar surface area (TPSA) is 60.8 Å². The number of likely N-dealkylation sites (tertiary alicyclic amines) is 1. The molecule has 2 aliphatic rings. The van der Waals surface area contributed by atoms with Crippen molar-refractivity contribution in [2.24, 2.45) is 11.8 Å². The van der Waals surface area contributed by atoms with Crippen LogP contribution in [0, 0.1) is 11.8 Å². The first-order valence-electron chi connectivity index (χ1n) is 13.4. The Morgan fingerprint density at radius 1 is 0.861 bits per heavy atom. The minimum Gasteiger partial charge on any atom is -0.341 e. The van der Waals surface area contributed by atoms with E-state index in [4.69, 9.17) is 0 Å². The average Bonchev–Trinajstić information content (AvgIpc) is 3.17. The van der Waals surface area contributed by atoms with Gasteiger partial charge in [0.2, 0.25) is 11.8 Å². The summed E-state index contributed by atoms with van der Waals surface area (Å²) in [5.74, 6) is 1.42. The van der Waals surface area contributed by atoms with E-state index in [2.05, 4.69) is 76.9 Å². The van der Waals surface area contributed by atoms with E-state index >= 15 is 0 Å². The molecule has 192 valence electrons. The highest BCUT2D eigenvalue weighted by molar-refractivity contribution is 6.09. The van der Waals surface area contributed by atoms with Gasteiger partial charge in [-0.1, -0.05) is 32.0 Å². The molecular formula is C29H39N5O2. The van der Waals surface area contributed by atoms with E-state index in [0.29, 0.717) is 24.9 Å². The maximum absolute atomic E-state index is 12.8. The summed E-state index contributed by atoms with van der Waals surface area (Å²) in [5, 5.41) is 5.48. The lowest BCUT2D eigenvalue weighted by atomic mass is 9.92. The number of para-hydroxylation sites is 1.